The molecular weight excluding hydrogens is 438 g/mol. The first-order chi connectivity index (χ1) is 16.0. The van der Waals surface area contributed by atoms with E-state index in [4.69, 9.17) is 16.6 Å². The summed E-state index contributed by atoms with van der Waals surface area (Å²) in [6.07, 6.45) is 1.52. The van der Waals surface area contributed by atoms with Crippen molar-refractivity contribution in [3.05, 3.63) is 94.8 Å². The summed E-state index contributed by atoms with van der Waals surface area (Å²) < 4.78 is 1.73. The second-order valence-corrected chi connectivity index (χ2v) is 8.25. The number of carboxylic acid groups (broad SMARTS) is 1. The third kappa shape index (κ3) is 5.07. The van der Waals surface area contributed by atoms with Crippen molar-refractivity contribution in [1.29, 1.82) is 0 Å². The molecule has 1 N–H and O–H groups in total. The van der Waals surface area contributed by atoms with Crippen LogP contribution < -0.4 is 4.90 Å². The van der Waals surface area contributed by atoms with Crippen LogP contribution in [0.2, 0.25) is 5.02 Å². The Morgan fingerprint density at radius 1 is 1.03 bits per heavy atom. The lowest BCUT2D eigenvalue weighted by atomic mass is 10.1. The smallest absolute Gasteiger partial charge is 0.323 e. The minimum Gasteiger partial charge on any atom is -0.480 e. The second-order valence-electron chi connectivity index (χ2n) is 7.82. The Balaban J connectivity index is 1.79. The fraction of sp³-hybridized carbons (Fsp3) is 0.192. The molecule has 1 heterocycles. The highest BCUT2D eigenvalue weighted by Crippen LogP contribution is 2.27. The van der Waals surface area contributed by atoms with Crippen molar-refractivity contribution in [1.82, 2.24) is 9.55 Å². The minimum atomic E-state index is -0.919. The topological polar surface area (TPSA) is 75.4 Å². The predicted octanol–water partition coefficient (Wildman–Crippen LogP) is 5.57. The van der Waals surface area contributed by atoms with Gasteiger partial charge in [0.05, 0.1) is 17.6 Å². The first-order valence-corrected chi connectivity index (χ1v) is 11.2. The van der Waals surface area contributed by atoms with Crippen molar-refractivity contribution < 1.29 is 14.7 Å². The molecule has 6 nitrogen and oxygen atoms in total. The second kappa shape index (κ2) is 9.88. The number of carboxylic acids is 1. The quantitative estimate of drug-likeness (QED) is 0.372. The van der Waals surface area contributed by atoms with E-state index in [0.29, 0.717) is 34.8 Å². The summed E-state index contributed by atoms with van der Waals surface area (Å²) in [6.45, 7) is 2.25. The number of amides is 1. The number of anilines is 1. The molecule has 33 heavy (non-hydrogen) atoms. The van der Waals surface area contributed by atoms with Crippen LogP contribution in [0.3, 0.4) is 0 Å². The van der Waals surface area contributed by atoms with Gasteiger partial charge in [0.25, 0.3) is 5.91 Å². The highest BCUT2D eigenvalue weighted by atomic mass is 35.5. The number of carbonyl (C=O) groups excluding carboxylic acids is 1. The molecule has 1 amide bonds. The number of aromatic nitrogens is 2. The van der Waals surface area contributed by atoms with E-state index in [1.807, 2.05) is 55.5 Å². The average molecular weight is 462 g/mol. The number of nitrogens with zero attached hydrogens (tertiary/aromatic N) is 3. The van der Waals surface area contributed by atoms with Gasteiger partial charge in [0.15, 0.2) is 0 Å². The summed E-state index contributed by atoms with van der Waals surface area (Å²) in [5.74, 6) is -0.375. The van der Waals surface area contributed by atoms with Gasteiger partial charge in [0.2, 0.25) is 0 Å². The third-order valence-electron chi connectivity index (χ3n) is 5.39. The van der Waals surface area contributed by atoms with Gasteiger partial charge in [-0.1, -0.05) is 54.9 Å². The number of hydrogen-bond acceptors (Lipinski definition) is 3. The maximum absolute atomic E-state index is 13.5. The molecular formula is C26H24ClN3O3. The molecule has 0 saturated carbocycles. The lowest BCUT2D eigenvalue weighted by molar-refractivity contribution is -0.137. The Morgan fingerprint density at radius 2 is 1.82 bits per heavy atom. The zero-order valence-corrected chi connectivity index (χ0v) is 19.0. The number of hydrogen-bond donors (Lipinski definition) is 1. The van der Waals surface area contributed by atoms with E-state index in [9.17, 15) is 14.7 Å². The van der Waals surface area contributed by atoms with Gasteiger partial charge in [-0.3, -0.25) is 9.59 Å². The summed E-state index contributed by atoms with van der Waals surface area (Å²) in [5.41, 5.74) is 3.55. The molecule has 0 fully saturated rings. The zero-order valence-electron chi connectivity index (χ0n) is 18.2. The van der Waals surface area contributed by atoms with E-state index in [1.54, 1.807) is 33.7 Å². The number of halogens is 1. The molecule has 3 aromatic carbocycles. The van der Waals surface area contributed by atoms with E-state index in [-0.39, 0.29) is 12.5 Å². The van der Waals surface area contributed by atoms with Gasteiger partial charge in [0, 0.05) is 22.7 Å². The van der Waals surface area contributed by atoms with E-state index in [0.717, 1.165) is 23.3 Å². The molecule has 0 aliphatic rings. The molecule has 0 atom stereocenters. The number of aliphatic carboxylic acids is 1. The van der Waals surface area contributed by atoms with Crippen LogP contribution in [-0.4, -0.2) is 26.5 Å². The molecule has 1 aromatic heterocycles. The van der Waals surface area contributed by atoms with Crippen LogP contribution in [0.15, 0.2) is 72.8 Å². The highest BCUT2D eigenvalue weighted by Gasteiger charge is 2.21. The number of benzene rings is 3. The van der Waals surface area contributed by atoms with Crippen LogP contribution in [0.5, 0.6) is 0 Å². The molecule has 7 heteroatoms. The summed E-state index contributed by atoms with van der Waals surface area (Å²) in [6, 6.07) is 22.1. The SMILES string of the molecule is CCCc1nc2cc(N(Cc3ccccc3)C(=O)c3cccc(Cl)c3)ccc2n1CC(=O)O. The fourth-order valence-electron chi connectivity index (χ4n) is 3.89. The normalized spacial score (nSPS) is 11.0. The number of imidazole rings is 1. The van der Waals surface area contributed by atoms with Crippen molar-refractivity contribution in [2.24, 2.45) is 0 Å². The van der Waals surface area contributed by atoms with Crippen molar-refractivity contribution in [3.8, 4) is 0 Å². The van der Waals surface area contributed by atoms with Gasteiger partial charge >= 0.3 is 5.97 Å². The third-order valence-corrected chi connectivity index (χ3v) is 5.62. The highest BCUT2D eigenvalue weighted by molar-refractivity contribution is 6.31. The van der Waals surface area contributed by atoms with Gasteiger partial charge in [-0.15, -0.1) is 0 Å². The van der Waals surface area contributed by atoms with Crippen LogP contribution in [0, 0.1) is 0 Å². The zero-order chi connectivity index (χ0) is 23.4. The Morgan fingerprint density at radius 3 is 2.52 bits per heavy atom. The van der Waals surface area contributed by atoms with Crippen LogP contribution in [0.4, 0.5) is 5.69 Å². The van der Waals surface area contributed by atoms with E-state index in [1.165, 1.54) is 0 Å². The van der Waals surface area contributed by atoms with Gasteiger partial charge in [-0.2, -0.15) is 0 Å². The van der Waals surface area contributed by atoms with Crippen LogP contribution in [0.1, 0.15) is 35.1 Å². The standard InChI is InChI=1S/C26H24ClN3O3/c1-2-7-24-28-22-15-21(12-13-23(22)30(24)17-25(31)32)29(16-18-8-4-3-5-9-18)26(33)19-10-6-11-20(27)14-19/h3-6,8-15H,2,7,16-17H2,1H3,(H,31,32). The van der Waals surface area contributed by atoms with E-state index < -0.39 is 5.97 Å². The lowest BCUT2D eigenvalue weighted by Crippen LogP contribution is -2.30. The predicted molar refractivity (Wildman–Crippen MR) is 130 cm³/mol. The Bertz CT molecular complexity index is 1300. The molecule has 0 aliphatic heterocycles. The van der Waals surface area contributed by atoms with Crippen molar-refractivity contribution >= 4 is 40.2 Å². The lowest BCUT2D eigenvalue weighted by Gasteiger charge is -2.23. The van der Waals surface area contributed by atoms with E-state index in [2.05, 4.69) is 0 Å². The Kier molecular flexibility index (Phi) is 6.75. The molecule has 0 radical (unpaired) electrons. The first kappa shape index (κ1) is 22.6. The number of aryl methyl sites for hydroxylation is 1. The first-order valence-electron chi connectivity index (χ1n) is 10.8. The van der Waals surface area contributed by atoms with Crippen LogP contribution in [-0.2, 0) is 24.3 Å². The van der Waals surface area contributed by atoms with Gasteiger partial charge < -0.3 is 14.6 Å². The summed E-state index contributed by atoms with van der Waals surface area (Å²) in [7, 11) is 0. The number of fused-ring (bicyclic) bond motifs is 1. The van der Waals surface area contributed by atoms with Gasteiger partial charge in [-0.25, -0.2) is 4.98 Å². The monoisotopic (exact) mass is 461 g/mol. The maximum Gasteiger partial charge on any atom is 0.323 e. The Hall–Kier alpha value is -3.64. The molecule has 168 valence electrons. The number of carbonyl (C=O) groups is 2. The molecule has 0 unspecified atom stereocenters. The van der Waals surface area contributed by atoms with Crippen LogP contribution in [0.25, 0.3) is 11.0 Å². The molecule has 0 aliphatic carbocycles. The van der Waals surface area contributed by atoms with Gasteiger partial charge in [0.1, 0.15) is 12.4 Å². The summed E-state index contributed by atoms with van der Waals surface area (Å²) in [5, 5.41) is 9.85. The largest absolute Gasteiger partial charge is 0.480 e. The van der Waals surface area contributed by atoms with Gasteiger partial charge in [-0.05, 0) is 48.4 Å². The summed E-state index contributed by atoms with van der Waals surface area (Å²) >= 11 is 6.14. The molecule has 0 spiro atoms. The van der Waals surface area contributed by atoms with E-state index >= 15 is 0 Å². The maximum atomic E-state index is 13.5. The molecule has 0 saturated heterocycles. The number of rotatable bonds is 8. The Labute approximate surface area is 197 Å². The molecule has 4 rings (SSSR count). The molecule has 0 bridgehead atoms. The fourth-order valence-corrected chi connectivity index (χ4v) is 4.08. The molecule has 4 aromatic rings. The average Bonchev–Trinajstić information content (AvgIpc) is 3.13. The minimum absolute atomic E-state index is 0.152. The van der Waals surface area contributed by atoms with Crippen molar-refractivity contribution in [2.75, 3.05) is 4.90 Å². The van der Waals surface area contributed by atoms with Crippen molar-refractivity contribution in [3.63, 3.8) is 0 Å². The van der Waals surface area contributed by atoms with Crippen LogP contribution >= 0.6 is 11.6 Å². The summed E-state index contributed by atoms with van der Waals surface area (Å²) in [4.78, 5) is 31.3. The van der Waals surface area contributed by atoms with Crippen molar-refractivity contribution in [2.45, 2.75) is 32.9 Å².